The van der Waals surface area contributed by atoms with Crippen molar-refractivity contribution in [1.82, 2.24) is 0 Å². The lowest BCUT2D eigenvalue weighted by molar-refractivity contribution is -0.186. The average Bonchev–Trinajstić information content (AvgIpc) is 2.98. The van der Waals surface area contributed by atoms with Gasteiger partial charge in [0.15, 0.2) is 5.78 Å². The van der Waals surface area contributed by atoms with Gasteiger partial charge in [0, 0.05) is 24.3 Å². The number of hydrogen-bond donors (Lipinski definition) is 2. The maximum atomic E-state index is 13.7. The molecule has 4 aliphatic rings. The third kappa shape index (κ3) is 2.45. The molecular formula is C21H24O8. The second-order valence-corrected chi connectivity index (χ2v) is 8.93. The summed E-state index contributed by atoms with van der Waals surface area (Å²) in [6.07, 6.45) is 0.728. The molecule has 0 radical (unpaired) electrons. The van der Waals surface area contributed by atoms with Crippen LogP contribution in [-0.4, -0.2) is 58.1 Å². The fourth-order valence-electron chi connectivity index (χ4n) is 5.85. The van der Waals surface area contributed by atoms with E-state index in [4.69, 9.17) is 4.74 Å². The number of hydrogen-bond acceptors (Lipinski definition) is 8. The van der Waals surface area contributed by atoms with Crippen LogP contribution in [0, 0.1) is 29.6 Å². The maximum Gasteiger partial charge on any atom is 0.346 e. The van der Waals surface area contributed by atoms with Gasteiger partial charge < -0.3 is 19.7 Å². The smallest absolute Gasteiger partial charge is 0.346 e. The number of Topliss-reactive ketones (excluding diaryl/α,β-unsaturated/α-hetero) is 2. The van der Waals surface area contributed by atoms with E-state index in [1.807, 2.05) is 0 Å². The van der Waals surface area contributed by atoms with E-state index in [0.717, 1.165) is 7.11 Å². The molecule has 156 valence electrons. The van der Waals surface area contributed by atoms with Gasteiger partial charge in [-0.05, 0) is 25.7 Å². The van der Waals surface area contributed by atoms with Gasteiger partial charge in [-0.3, -0.25) is 9.59 Å². The van der Waals surface area contributed by atoms with E-state index in [-0.39, 0.29) is 18.4 Å². The maximum absolute atomic E-state index is 13.7. The summed E-state index contributed by atoms with van der Waals surface area (Å²) >= 11 is 0. The van der Waals surface area contributed by atoms with Crippen molar-refractivity contribution in [1.29, 1.82) is 0 Å². The number of carbonyl (C=O) groups is 4. The third-order valence-electron chi connectivity index (χ3n) is 7.14. The van der Waals surface area contributed by atoms with Crippen LogP contribution in [-0.2, 0) is 28.7 Å². The molecular weight excluding hydrogens is 380 g/mol. The Hall–Kier alpha value is -2.32. The van der Waals surface area contributed by atoms with E-state index in [2.05, 4.69) is 11.3 Å². The molecule has 0 spiro atoms. The minimum absolute atomic E-state index is 0.0586. The summed E-state index contributed by atoms with van der Waals surface area (Å²) in [5.41, 5.74) is -3.36. The molecule has 4 rings (SSSR count). The van der Waals surface area contributed by atoms with Gasteiger partial charge in [0.25, 0.3) is 0 Å². The number of rotatable bonds is 2. The first-order valence-corrected chi connectivity index (χ1v) is 9.63. The molecule has 8 heteroatoms. The first-order chi connectivity index (χ1) is 13.4. The minimum atomic E-state index is -2.68. The number of ether oxygens (including phenoxy) is 2. The van der Waals surface area contributed by atoms with E-state index in [1.54, 1.807) is 13.0 Å². The molecule has 0 amide bonds. The Bertz CT molecular complexity index is 883. The number of allylic oxidation sites excluding steroid dienone is 2. The predicted molar refractivity (Wildman–Crippen MR) is 97.1 cm³/mol. The van der Waals surface area contributed by atoms with Crippen LogP contribution in [0.1, 0.15) is 26.7 Å². The summed E-state index contributed by atoms with van der Waals surface area (Å²) in [7, 11) is 1.03. The molecule has 2 saturated carbocycles. The quantitative estimate of drug-likeness (QED) is 0.377. The van der Waals surface area contributed by atoms with Crippen LogP contribution in [0.5, 0.6) is 0 Å². The first kappa shape index (κ1) is 20.0. The summed E-state index contributed by atoms with van der Waals surface area (Å²) in [5, 5.41) is 22.2. The highest BCUT2D eigenvalue weighted by Gasteiger charge is 2.69. The molecule has 8 atom stereocenters. The zero-order valence-electron chi connectivity index (χ0n) is 16.5. The van der Waals surface area contributed by atoms with Crippen molar-refractivity contribution in [2.24, 2.45) is 29.6 Å². The highest BCUT2D eigenvalue weighted by atomic mass is 16.6. The Balaban J connectivity index is 1.97. The SMILES string of the molecule is C=C(C)[C@@H]1CC(=O)[C@@](O)(C(=O)OC)C2C(=O)C3C4C(=CC21)C(=O)O[C@@H]4C[C@]3(C)O. The largest absolute Gasteiger partial charge is 0.467 e. The van der Waals surface area contributed by atoms with E-state index >= 15 is 0 Å². The molecule has 8 nitrogen and oxygen atoms in total. The lowest BCUT2D eigenvalue weighted by Gasteiger charge is -2.44. The molecule has 1 aliphatic heterocycles. The minimum Gasteiger partial charge on any atom is -0.467 e. The topological polar surface area (TPSA) is 127 Å². The van der Waals surface area contributed by atoms with Gasteiger partial charge in [0.1, 0.15) is 11.9 Å². The fourth-order valence-corrected chi connectivity index (χ4v) is 5.85. The van der Waals surface area contributed by atoms with Gasteiger partial charge in [0.05, 0.1) is 24.5 Å². The highest BCUT2D eigenvalue weighted by Crippen LogP contribution is 2.57. The van der Waals surface area contributed by atoms with Crippen LogP contribution < -0.4 is 0 Å². The Morgan fingerprint density at radius 3 is 2.52 bits per heavy atom. The number of methoxy groups -OCH3 is 1. The molecule has 29 heavy (non-hydrogen) atoms. The Labute approximate surface area is 167 Å². The van der Waals surface area contributed by atoms with Crippen molar-refractivity contribution >= 4 is 23.5 Å². The van der Waals surface area contributed by atoms with Crippen molar-refractivity contribution in [2.75, 3.05) is 7.11 Å². The molecule has 0 aromatic carbocycles. The van der Waals surface area contributed by atoms with Crippen molar-refractivity contribution in [2.45, 2.75) is 44.0 Å². The molecule has 1 saturated heterocycles. The number of aliphatic hydroxyl groups is 2. The molecule has 3 aliphatic carbocycles. The second-order valence-electron chi connectivity index (χ2n) is 8.93. The van der Waals surface area contributed by atoms with Crippen LogP contribution in [0.4, 0.5) is 0 Å². The van der Waals surface area contributed by atoms with Crippen LogP contribution in [0.2, 0.25) is 0 Å². The molecule has 1 heterocycles. The number of fused-ring (bicyclic) bond motifs is 1. The average molecular weight is 404 g/mol. The van der Waals surface area contributed by atoms with E-state index in [0.29, 0.717) is 5.57 Å². The van der Waals surface area contributed by atoms with Crippen LogP contribution in [0.25, 0.3) is 0 Å². The van der Waals surface area contributed by atoms with E-state index in [1.165, 1.54) is 6.92 Å². The van der Waals surface area contributed by atoms with Gasteiger partial charge in [-0.2, -0.15) is 0 Å². The van der Waals surface area contributed by atoms with Crippen molar-refractivity contribution in [3.8, 4) is 0 Å². The summed E-state index contributed by atoms with van der Waals surface area (Å²) < 4.78 is 10.1. The lowest BCUT2D eigenvalue weighted by Crippen LogP contribution is -2.63. The molecule has 0 aromatic rings. The fraction of sp³-hybridized carbons (Fsp3) is 0.619. The van der Waals surface area contributed by atoms with Crippen LogP contribution in [0.15, 0.2) is 23.8 Å². The Kier molecular flexibility index (Phi) is 4.19. The summed E-state index contributed by atoms with van der Waals surface area (Å²) in [5.74, 6) is -7.89. The standard InChI is InChI=1S/C21H24O8/c1-8(2)9-6-13(22)21(27,19(25)28-4)15-10(9)5-11-14-12(29-18(11)24)7-20(3,26)16(14)17(15)23/h5,9-10,12,14-16,26-27H,1,6-7H2,2-4H3/t9-,10?,12+,14?,15?,16?,20-,21-/m0/s1. The van der Waals surface area contributed by atoms with Crippen molar-refractivity contribution < 1.29 is 38.9 Å². The van der Waals surface area contributed by atoms with Gasteiger partial charge in [0.2, 0.25) is 5.60 Å². The van der Waals surface area contributed by atoms with Crippen LogP contribution in [0.3, 0.4) is 0 Å². The number of ketones is 2. The van der Waals surface area contributed by atoms with Crippen molar-refractivity contribution in [3.63, 3.8) is 0 Å². The molecule has 4 unspecified atom stereocenters. The zero-order chi connectivity index (χ0) is 21.5. The summed E-state index contributed by atoms with van der Waals surface area (Å²) in [6.45, 7) is 7.06. The first-order valence-electron chi connectivity index (χ1n) is 9.63. The summed E-state index contributed by atoms with van der Waals surface area (Å²) in [4.78, 5) is 51.7. The van der Waals surface area contributed by atoms with E-state index < -0.39 is 70.4 Å². The third-order valence-corrected chi connectivity index (χ3v) is 7.14. The van der Waals surface area contributed by atoms with Crippen LogP contribution >= 0.6 is 0 Å². The van der Waals surface area contributed by atoms with Gasteiger partial charge in [-0.25, -0.2) is 9.59 Å². The van der Waals surface area contributed by atoms with Crippen molar-refractivity contribution in [3.05, 3.63) is 23.8 Å². The Morgan fingerprint density at radius 1 is 1.28 bits per heavy atom. The normalized spacial score (nSPS) is 45.7. The zero-order valence-corrected chi connectivity index (χ0v) is 16.5. The monoisotopic (exact) mass is 404 g/mol. The predicted octanol–water partition coefficient (Wildman–Crippen LogP) is 0.110. The summed E-state index contributed by atoms with van der Waals surface area (Å²) in [6, 6.07) is 0. The highest BCUT2D eigenvalue weighted by molar-refractivity contribution is 6.13. The number of esters is 2. The van der Waals surface area contributed by atoms with E-state index in [9.17, 15) is 29.4 Å². The van der Waals surface area contributed by atoms with Gasteiger partial charge in [-0.15, -0.1) is 0 Å². The number of carbonyl (C=O) groups excluding carboxylic acids is 4. The van der Waals surface area contributed by atoms with Gasteiger partial charge in [-0.1, -0.05) is 18.2 Å². The molecule has 0 bridgehead atoms. The van der Waals surface area contributed by atoms with Gasteiger partial charge >= 0.3 is 11.9 Å². The second kappa shape index (κ2) is 6.09. The molecule has 2 N–H and O–H groups in total. The molecule has 0 aromatic heterocycles. The molecule has 3 fully saturated rings. The lowest BCUT2D eigenvalue weighted by atomic mass is 9.59. The Morgan fingerprint density at radius 2 is 1.93 bits per heavy atom.